The Morgan fingerprint density at radius 1 is 1.32 bits per heavy atom. The van der Waals surface area contributed by atoms with Gasteiger partial charge in [0.2, 0.25) is 0 Å². The third-order valence-corrected chi connectivity index (χ3v) is 4.15. The molecule has 25 heavy (non-hydrogen) atoms. The van der Waals surface area contributed by atoms with Gasteiger partial charge in [0.05, 0.1) is 25.4 Å². The van der Waals surface area contributed by atoms with Crippen LogP contribution in [0, 0.1) is 12.8 Å². The molecular weight excluding hydrogens is 314 g/mol. The van der Waals surface area contributed by atoms with E-state index >= 15 is 0 Å². The number of hydrogen-bond donors (Lipinski definition) is 3. The standard InChI is InChI=1S/C19H27N5O/c1-3-20-19(22-12-17-8-9-23-24-17)21-11-16-7-4-14(2)10-18(16)25-13-15-5-6-15/h4,7-10,15H,3,5-6,11-13H2,1-2H3,(H,23,24)(H2,20,21,22). The van der Waals surface area contributed by atoms with Crippen LogP contribution < -0.4 is 15.4 Å². The molecule has 0 atom stereocenters. The molecule has 0 radical (unpaired) electrons. The summed E-state index contributed by atoms with van der Waals surface area (Å²) < 4.78 is 6.03. The van der Waals surface area contributed by atoms with Gasteiger partial charge in [-0.2, -0.15) is 5.10 Å². The van der Waals surface area contributed by atoms with Gasteiger partial charge in [0, 0.05) is 18.3 Å². The van der Waals surface area contributed by atoms with Crippen LogP contribution in [0.1, 0.15) is 36.6 Å². The lowest BCUT2D eigenvalue weighted by molar-refractivity contribution is 0.296. The van der Waals surface area contributed by atoms with Gasteiger partial charge < -0.3 is 15.4 Å². The van der Waals surface area contributed by atoms with Crippen LogP contribution in [0.4, 0.5) is 0 Å². The average molecular weight is 341 g/mol. The molecule has 0 amide bonds. The molecule has 6 heteroatoms. The van der Waals surface area contributed by atoms with Gasteiger partial charge >= 0.3 is 0 Å². The Kier molecular flexibility index (Phi) is 5.93. The van der Waals surface area contributed by atoms with E-state index in [1.165, 1.54) is 18.4 Å². The van der Waals surface area contributed by atoms with E-state index in [0.717, 1.165) is 42.0 Å². The minimum atomic E-state index is 0.582. The maximum Gasteiger partial charge on any atom is 0.191 e. The van der Waals surface area contributed by atoms with Crippen molar-refractivity contribution in [3.05, 3.63) is 47.3 Å². The zero-order chi connectivity index (χ0) is 17.5. The van der Waals surface area contributed by atoms with E-state index in [-0.39, 0.29) is 0 Å². The van der Waals surface area contributed by atoms with Crippen molar-refractivity contribution in [3.63, 3.8) is 0 Å². The zero-order valence-corrected chi connectivity index (χ0v) is 15.0. The highest BCUT2D eigenvalue weighted by Crippen LogP contribution is 2.30. The van der Waals surface area contributed by atoms with Gasteiger partial charge in [0.1, 0.15) is 5.75 Å². The molecule has 0 bridgehead atoms. The molecule has 1 heterocycles. The zero-order valence-electron chi connectivity index (χ0n) is 15.0. The summed E-state index contributed by atoms with van der Waals surface area (Å²) in [6.07, 6.45) is 4.33. The number of aromatic amines is 1. The fourth-order valence-electron chi connectivity index (χ4n) is 2.49. The molecule has 1 saturated carbocycles. The van der Waals surface area contributed by atoms with Crippen LogP contribution in [0.15, 0.2) is 35.5 Å². The van der Waals surface area contributed by atoms with E-state index in [1.54, 1.807) is 6.20 Å². The summed E-state index contributed by atoms with van der Waals surface area (Å²) >= 11 is 0. The maximum atomic E-state index is 6.03. The highest BCUT2D eigenvalue weighted by atomic mass is 16.5. The molecule has 6 nitrogen and oxygen atoms in total. The first-order valence-electron chi connectivity index (χ1n) is 8.97. The van der Waals surface area contributed by atoms with Crippen molar-refractivity contribution >= 4 is 5.96 Å². The second-order valence-electron chi connectivity index (χ2n) is 6.50. The molecule has 0 aliphatic heterocycles. The quantitative estimate of drug-likeness (QED) is 0.510. The number of rotatable bonds is 8. The van der Waals surface area contributed by atoms with Crippen molar-refractivity contribution in [2.24, 2.45) is 10.9 Å². The Morgan fingerprint density at radius 3 is 2.92 bits per heavy atom. The Bertz CT molecular complexity index is 692. The summed E-state index contributed by atoms with van der Waals surface area (Å²) in [5, 5.41) is 13.5. The van der Waals surface area contributed by atoms with Gasteiger partial charge in [-0.1, -0.05) is 12.1 Å². The summed E-state index contributed by atoms with van der Waals surface area (Å²) in [7, 11) is 0. The van der Waals surface area contributed by atoms with E-state index in [2.05, 4.69) is 52.9 Å². The topological polar surface area (TPSA) is 74.3 Å². The van der Waals surface area contributed by atoms with Crippen LogP contribution in [0.25, 0.3) is 0 Å². The molecule has 1 aromatic carbocycles. The third kappa shape index (κ3) is 5.52. The van der Waals surface area contributed by atoms with Crippen LogP contribution in [-0.2, 0) is 13.1 Å². The fourth-order valence-corrected chi connectivity index (χ4v) is 2.49. The van der Waals surface area contributed by atoms with Crippen LogP contribution >= 0.6 is 0 Å². The molecule has 1 aliphatic carbocycles. The van der Waals surface area contributed by atoms with Gasteiger partial charge in [-0.3, -0.25) is 5.10 Å². The van der Waals surface area contributed by atoms with E-state index in [9.17, 15) is 0 Å². The molecule has 0 unspecified atom stereocenters. The molecule has 3 rings (SSSR count). The minimum absolute atomic E-state index is 0.582. The Hall–Kier alpha value is -2.50. The lowest BCUT2D eigenvalue weighted by atomic mass is 10.1. The van der Waals surface area contributed by atoms with Crippen molar-refractivity contribution < 1.29 is 4.74 Å². The Morgan fingerprint density at radius 2 is 2.20 bits per heavy atom. The number of nitrogens with zero attached hydrogens (tertiary/aromatic N) is 2. The number of ether oxygens (including phenoxy) is 1. The predicted octanol–water partition coefficient (Wildman–Crippen LogP) is 2.76. The summed E-state index contributed by atoms with van der Waals surface area (Å²) in [5.41, 5.74) is 3.35. The predicted molar refractivity (Wildman–Crippen MR) is 99.6 cm³/mol. The number of aryl methyl sites for hydroxylation is 1. The van der Waals surface area contributed by atoms with Crippen molar-refractivity contribution in [1.82, 2.24) is 20.8 Å². The van der Waals surface area contributed by atoms with E-state index in [1.807, 2.05) is 6.07 Å². The molecular formula is C19H27N5O. The van der Waals surface area contributed by atoms with Gasteiger partial charge in [0.25, 0.3) is 0 Å². The van der Waals surface area contributed by atoms with Crippen molar-refractivity contribution in [1.29, 1.82) is 0 Å². The summed E-state index contributed by atoms with van der Waals surface area (Å²) in [5.74, 6) is 2.48. The number of hydrogen-bond acceptors (Lipinski definition) is 3. The highest BCUT2D eigenvalue weighted by Gasteiger charge is 2.22. The second-order valence-corrected chi connectivity index (χ2v) is 6.50. The largest absolute Gasteiger partial charge is 0.493 e. The first-order valence-corrected chi connectivity index (χ1v) is 8.97. The van der Waals surface area contributed by atoms with Gasteiger partial charge in [-0.15, -0.1) is 0 Å². The van der Waals surface area contributed by atoms with Gasteiger partial charge in [-0.05, 0) is 50.3 Å². The number of aromatic nitrogens is 2. The Balaban J connectivity index is 1.64. The van der Waals surface area contributed by atoms with Crippen molar-refractivity contribution in [2.45, 2.75) is 39.8 Å². The van der Waals surface area contributed by atoms with E-state index < -0.39 is 0 Å². The lowest BCUT2D eigenvalue weighted by Crippen LogP contribution is -2.36. The number of H-pyrrole nitrogens is 1. The maximum absolute atomic E-state index is 6.03. The molecule has 1 aromatic heterocycles. The minimum Gasteiger partial charge on any atom is -0.493 e. The van der Waals surface area contributed by atoms with E-state index in [4.69, 9.17) is 9.73 Å². The smallest absolute Gasteiger partial charge is 0.191 e. The van der Waals surface area contributed by atoms with Crippen molar-refractivity contribution in [3.8, 4) is 5.75 Å². The Labute approximate surface area is 149 Å². The first kappa shape index (κ1) is 17.3. The number of nitrogens with one attached hydrogen (secondary N) is 3. The molecule has 0 spiro atoms. The fraction of sp³-hybridized carbons (Fsp3) is 0.474. The molecule has 1 fully saturated rings. The van der Waals surface area contributed by atoms with Gasteiger partial charge in [-0.25, -0.2) is 4.99 Å². The van der Waals surface area contributed by atoms with Crippen LogP contribution in [-0.4, -0.2) is 29.3 Å². The van der Waals surface area contributed by atoms with E-state index in [0.29, 0.717) is 13.1 Å². The van der Waals surface area contributed by atoms with Crippen LogP contribution in [0.2, 0.25) is 0 Å². The molecule has 2 aromatic rings. The molecule has 1 aliphatic rings. The van der Waals surface area contributed by atoms with Gasteiger partial charge in [0.15, 0.2) is 5.96 Å². The highest BCUT2D eigenvalue weighted by molar-refractivity contribution is 5.79. The number of benzene rings is 1. The normalized spacial score (nSPS) is 14.4. The summed E-state index contributed by atoms with van der Waals surface area (Å²) in [6.45, 7) is 7.02. The molecule has 0 saturated heterocycles. The monoisotopic (exact) mass is 341 g/mol. The van der Waals surface area contributed by atoms with Crippen molar-refractivity contribution in [2.75, 3.05) is 13.2 Å². The number of guanidine groups is 1. The average Bonchev–Trinajstić information content (AvgIpc) is 3.30. The SMILES string of the molecule is CCNC(=NCc1ccc(C)cc1OCC1CC1)NCc1ccn[nH]1. The third-order valence-electron chi connectivity index (χ3n) is 4.15. The second kappa shape index (κ2) is 8.55. The lowest BCUT2D eigenvalue weighted by Gasteiger charge is -2.13. The molecule has 134 valence electrons. The summed E-state index contributed by atoms with van der Waals surface area (Å²) in [4.78, 5) is 4.70. The first-order chi connectivity index (χ1) is 12.2. The van der Waals surface area contributed by atoms with Crippen LogP contribution in [0.3, 0.4) is 0 Å². The number of aliphatic imine (C=N–C) groups is 1. The molecule has 3 N–H and O–H groups in total. The van der Waals surface area contributed by atoms with Crippen LogP contribution in [0.5, 0.6) is 5.75 Å². The summed E-state index contributed by atoms with van der Waals surface area (Å²) in [6, 6.07) is 8.28.